The molecule has 0 bridgehead atoms. The summed E-state index contributed by atoms with van der Waals surface area (Å²) in [5, 5.41) is 0. The average molecular weight is 248 g/mol. The van der Waals surface area contributed by atoms with Gasteiger partial charge in [-0.15, -0.1) is 0 Å². The number of halogens is 1. The van der Waals surface area contributed by atoms with E-state index in [2.05, 4.69) is 33.0 Å². The van der Waals surface area contributed by atoms with Gasteiger partial charge < -0.3 is 0 Å². The molecule has 0 aliphatic heterocycles. The summed E-state index contributed by atoms with van der Waals surface area (Å²) in [7, 11) is 0. The standard InChI is InChI=1S/C12H10BrN/c13-12-8-4-7-11(14-12)9-10-5-2-1-3-6-10/h1-8H,9H2. The second kappa shape index (κ2) is 4.38. The molecule has 70 valence electrons. The Morgan fingerprint density at radius 3 is 2.43 bits per heavy atom. The first-order chi connectivity index (χ1) is 6.84. The first-order valence-corrected chi connectivity index (χ1v) is 5.29. The van der Waals surface area contributed by atoms with E-state index in [1.165, 1.54) is 5.56 Å². The first-order valence-electron chi connectivity index (χ1n) is 4.50. The highest BCUT2D eigenvalue weighted by molar-refractivity contribution is 9.10. The number of rotatable bonds is 2. The molecule has 1 nitrogen and oxygen atoms in total. The molecule has 0 aliphatic carbocycles. The van der Waals surface area contributed by atoms with Crippen LogP contribution in [-0.2, 0) is 6.42 Å². The van der Waals surface area contributed by atoms with Gasteiger partial charge in [0, 0.05) is 12.1 Å². The minimum Gasteiger partial charge on any atom is -0.246 e. The molecule has 2 heteroatoms. The monoisotopic (exact) mass is 247 g/mol. The van der Waals surface area contributed by atoms with Crippen molar-refractivity contribution in [3.8, 4) is 0 Å². The molecule has 1 aromatic heterocycles. The number of pyridine rings is 1. The zero-order chi connectivity index (χ0) is 9.80. The predicted octanol–water partition coefficient (Wildman–Crippen LogP) is 3.43. The molecule has 0 radical (unpaired) electrons. The van der Waals surface area contributed by atoms with Crippen molar-refractivity contribution in [3.63, 3.8) is 0 Å². The molecule has 2 aromatic rings. The van der Waals surface area contributed by atoms with Crippen LogP contribution in [0.1, 0.15) is 11.3 Å². The Kier molecular flexibility index (Phi) is 2.94. The second-order valence-electron chi connectivity index (χ2n) is 3.11. The quantitative estimate of drug-likeness (QED) is 0.742. The van der Waals surface area contributed by atoms with Crippen LogP contribution in [-0.4, -0.2) is 4.98 Å². The van der Waals surface area contributed by atoms with E-state index >= 15 is 0 Å². The normalized spacial score (nSPS) is 10.1. The molecule has 1 heterocycles. The lowest BCUT2D eigenvalue weighted by Gasteiger charge is -2.00. The van der Waals surface area contributed by atoms with Gasteiger partial charge in [-0.3, -0.25) is 0 Å². The van der Waals surface area contributed by atoms with Gasteiger partial charge in [-0.25, -0.2) is 4.98 Å². The average Bonchev–Trinajstić information content (AvgIpc) is 2.19. The smallest absolute Gasteiger partial charge is 0.106 e. The highest BCUT2D eigenvalue weighted by Gasteiger charge is 1.96. The molecule has 14 heavy (non-hydrogen) atoms. The maximum Gasteiger partial charge on any atom is 0.106 e. The van der Waals surface area contributed by atoms with Gasteiger partial charge in [-0.1, -0.05) is 36.4 Å². The summed E-state index contributed by atoms with van der Waals surface area (Å²) in [4.78, 5) is 4.39. The molecule has 0 saturated heterocycles. The summed E-state index contributed by atoms with van der Waals surface area (Å²) in [5.74, 6) is 0. The summed E-state index contributed by atoms with van der Waals surface area (Å²) in [6, 6.07) is 16.3. The maximum atomic E-state index is 4.39. The van der Waals surface area contributed by atoms with Crippen LogP contribution in [0.5, 0.6) is 0 Å². The van der Waals surface area contributed by atoms with E-state index in [9.17, 15) is 0 Å². The molecular formula is C12H10BrN. The van der Waals surface area contributed by atoms with Gasteiger partial charge in [-0.2, -0.15) is 0 Å². The molecule has 0 atom stereocenters. The van der Waals surface area contributed by atoms with Crippen LogP contribution in [0.15, 0.2) is 53.1 Å². The minimum atomic E-state index is 0.889. The van der Waals surface area contributed by atoms with Crippen molar-refractivity contribution >= 4 is 15.9 Å². The fourth-order valence-electron chi connectivity index (χ4n) is 1.35. The number of hydrogen-bond donors (Lipinski definition) is 0. The third kappa shape index (κ3) is 2.42. The van der Waals surface area contributed by atoms with Gasteiger partial charge in [-0.05, 0) is 33.6 Å². The van der Waals surface area contributed by atoms with Crippen LogP contribution in [0.4, 0.5) is 0 Å². The largest absolute Gasteiger partial charge is 0.246 e. The Hall–Kier alpha value is -1.15. The predicted molar refractivity (Wildman–Crippen MR) is 61.2 cm³/mol. The number of benzene rings is 1. The van der Waals surface area contributed by atoms with Crippen LogP contribution < -0.4 is 0 Å². The molecule has 1 aromatic carbocycles. The Morgan fingerprint density at radius 1 is 0.929 bits per heavy atom. The molecule has 0 spiro atoms. The highest BCUT2D eigenvalue weighted by Crippen LogP contribution is 2.10. The fourth-order valence-corrected chi connectivity index (χ4v) is 1.73. The molecule has 0 saturated carbocycles. The topological polar surface area (TPSA) is 12.9 Å². The van der Waals surface area contributed by atoms with Crippen LogP contribution in [0, 0.1) is 0 Å². The lowest BCUT2D eigenvalue weighted by atomic mass is 10.1. The zero-order valence-corrected chi connectivity index (χ0v) is 9.24. The maximum absolute atomic E-state index is 4.39. The molecule has 0 amide bonds. The van der Waals surface area contributed by atoms with E-state index in [-0.39, 0.29) is 0 Å². The molecule has 0 N–H and O–H groups in total. The third-order valence-electron chi connectivity index (χ3n) is 2.00. The summed E-state index contributed by atoms with van der Waals surface area (Å²) in [6.45, 7) is 0. The van der Waals surface area contributed by atoms with E-state index < -0.39 is 0 Å². The Balaban J connectivity index is 2.19. The Bertz CT molecular complexity index is 412. The van der Waals surface area contributed by atoms with Crippen LogP contribution in [0.3, 0.4) is 0 Å². The molecule has 0 fully saturated rings. The minimum absolute atomic E-state index is 0.889. The van der Waals surface area contributed by atoms with Gasteiger partial charge in [0.1, 0.15) is 4.60 Å². The third-order valence-corrected chi connectivity index (χ3v) is 2.44. The van der Waals surface area contributed by atoms with E-state index in [0.717, 1.165) is 16.7 Å². The van der Waals surface area contributed by atoms with E-state index in [0.29, 0.717) is 0 Å². The molecule has 0 unspecified atom stereocenters. The van der Waals surface area contributed by atoms with Crippen molar-refractivity contribution in [2.75, 3.05) is 0 Å². The van der Waals surface area contributed by atoms with Gasteiger partial charge in [0.2, 0.25) is 0 Å². The van der Waals surface area contributed by atoms with Gasteiger partial charge in [0.15, 0.2) is 0 Å². The zero-order valence-electron chi connectivity index (χ0n) is 7.65. The summed E-state index contributed by atoms with van der Waals surface area (Å²) in [6.07, 6.45) is 0.889. The lowest BCUT2D eigenvalue weighted by molar-refractivity contribution is 1.06. The van der Waals surface area contributed by atoms with Gasteiger partial charge in [0.05, 0.1) is 0 Å². The van der Waals surface area contributed by atoms with Crippen LogP contribution in [0.25, 0.3) is 0 Å². The van der Waals surface area contributed by atoms with E-state index in [1.807, 2.05) is 36.4 Å². The van der Waals surface area contributed by atoms with Crippen molar-refractivity contribution in [1.29, 1.82) is 0 Å². The van der Waals surface area contributed by atoms with Crippen molar-refractivity contribution in [2.24, 2.45) is 0 Å². The summed E-state index contributed by atoms with van der Waals surface area (Å²) < 4.78 is 0.894. The van der Waals surface area contributed by atoms with Crippen molar-refractivity contribution in [2.45, 2.75) is 6.42 Å². The highest BCUT2D eigenvalue weighted by atomic mass is 79.9. The number of nitrogens with zero attached hydrogens (tertiary/aromatic N) is 1. The Morgan fingerprint density at radius 2 is 1.71 bits per heavy atom. The number of hydrogen-bond acceptors (Lipinski definition) is 1. The van der Waals surface area contributed by atoms with Gasteiger partial charge in [0.25, 0.3) is 0 Å². The summed E-state index contributed by atoms with van der Waals surface area (Å²) >= 11 is 3.36. The van der Waals surface area contributed by atoms with E-state index in [4.69, 9.17) is 0 Å². The molecule has 2 rings (SSSR count). The lowest BCUT2D eigenvalue weighted by Crippen LogP contribution is -1.91. The van der Waals surface area contributed by atoms with Gasteiger partial charge >= 0.3 is 0 Å². The van der Waals surface area contributed by atoms with Crippen molar-refractivity contribution < 1.29 is 0 Å². The van der Waals surface area contributed by atoms with Crippen LogP contribution in [0.2, 0.25) is 0 Å². The molecule has 0 aliphatic rings. The Labute approximate surface area is 91.9 Å². The van der Waals surface area contributed by atoms with E-state index in [1.54, 1.807) is 0 Å². The van der Waals surface area contributed by atoms with Crippen molar-refractivity contribution in [1.82, 2.24) is 4.98 Å². The number of aromatic nitrogens is 1. The van der Waals surface area contributed by atoms with Crippen LogP contribution >= 0.6 is 15.9 Å². The van der Waals surface area contributed by atoms with Crippen molar-refractivity contribution in [3.05, 3.63) is 64.4 Å². The second-order valence-corrected chi connectivity index (χ2v) is 3.93. The summed E-state index contributed by atoms with van der Waals surface area (Å²) in [5.41, 5.74) is 2.38. The SMILES string of the molecule is Brc1cccc(Cc2ccccc2)n1. The fraction of sp³-hybridized carbons (Fsp3) is 0.0833. The first kappa shape index (κ1) is 9.41. The molecular weight excluding hydrogens is 238 g/mol.